The first kappa shape index (κ1) is 12.9. The van der Waals surface area contributed by atoms with Crippen molar-refractivity contribution >= 4 is 16.6 Å². The molecule has 1 N–H and O–H groups in total. The summed E-state index contributed by atoms with van der Waals surface area (Å²) in [6.07, 6.45) is 4.17. The van der Waals surface area contributed by atoms with Crippen LogP contribution in [0.4, 0.5) is 5.69 Å². The lowest BCUT2D eigenvalue weighted by Crippen LogP contribution is -2.25. The number of aryl methyl sites for hydroxylation is 1. The quantitative estimate of drug-likeness (QED) is 0.919. The molecule has 0 radical (unpaired) electrons. The Labute approximate surface area is 125 Å². The predicted octanol–water partition coefficient (Wildman–Crippen LogP) is 3.04. The van der Waals surface area contributed by atoms with Crippen LogP contribution in [0.25, 0.3) is 10.9 Å². The van der Waals surface area contributed by atoms with Crippen LogP contribution in [0, 0.1) is 5.92 Å². The highest BCUT2D eigenvalue weighted by Gasteiger charge is 2.25. The molecule has 1 aromatic heterocycles. The van der Waals surface area contributed by atoms with Gasteiger partial charge in [0.2, 0.25) is 0 Å². The summed E-state index contributed by atoms with van der Waals surface area (Å²) in [5, 5.41) is 1.28. The SMILES string of the molecule is CC(C)CN1CCc2c1ccc1c3c(c(=O)[nH]c21)CCC3. The summed E-state index contributed by atoms with van der Waals surface area (Å²) in [6.45, 7) is 6.68. The monoisotopic (exact) mass is 282 g/mol. The van der Waals surface area contributed by atoms with Crippen LogP contribution in [0.2, 0.25) is 0 Å². The van der Waals surface area contributed by atoms with Crippen LogP contribution in [-0.2, 0) is 19.3 Å². The van der Waals surface area contributed by atoms with Crippen LogP contribution in [0.3, 0.4) is 0 Å². The van der Waals surface area contributed by atoms with Gasteiger partial charge in [0, 0.05) is 35.3 Å². The van der Waals surface area contributed by atoms with Gasteiger partial charge in [0.15, 0.2) is 0 Å². The van der Waals surface area contributed by atoms with E-state index in [1.165, 1.54) is 22.2 Å². The number of fused-ring (bicyclic) bond motifs is 5. The van der Waals surface area contributed by atoms with Gasteiger partial charge in [0.1, 0.15) is 0 Å². The molecule has 2 aliphatic rings. The van der Waals surface area contributed by atoms with E-state index in [2.05, 4.69) is 35.9 Å². The average Bonchev–Trinajstić information content (AvgIpc) is 3.06. The van der Waals surface area contributed by atoms with Gasteiger partial charge in [-0.2, -0.15) is 0 Å². The van der Waals surface area contributed by atoms with Gasteiger partial charge in [-0.3, -0.25) is 4.79 Å². The number of H-pyrrole nitrogens is 1. The lowest BCUT2D eigenvalue weighted by molar-refractivity contribution is 0.622. The van der Waals surface area contributed by atoms with Crippen molar-refractivity contribution in [2.24, 2.45) is 5.92 Å². The number of aromatic amines is 1. The summed E-state index contributed by atoms with van der Waals surface area (Å²) in [6, 6.07) is 4.50. The van der Waals surface area contributed by atoms with Crippen molar-refractivity contribution in [3.8, 4) is 0 Å². The van der Waals surface area contributed by atoms with Gasteiger partial charge in [0.25, 0.3) is 5.56 Å². The van der Waals surface area contributed by atoms with Gasteiger partial charge in [-0.1, -0.05) is 19.9 Å². The Hall–Kier alpha value is -1.77. The molecule has 3 heteroatoms. The molecule has 3 nitrogen and oxygen atoms in total. The van der Waals surface area contributed by atoms with E-state index in [0.29, 0.717) is 5.92 Å². The van der Waals surface area contributed by atoms with Crippen molar-refractivity contribution in [3.05, 3.63) is 39.2 Å². The number of hydrogen-bond donors (Lipinski definition) is 1. The molecule has 0 saturated heterocycles. The van der Waals surface area contributed by atoms with Crippen LogP contribution >= 0.6 is 0 Å². The first-order chi connectivity index (χ1) is 10.1. The molecule has 4 rings (SSSR count). The maximum atomic E-state index is 12.3. The van der Waals surface area contributed by atoms with Gasteiger partial charge >= 0.3 is 0 Å². The number of benzene rings is 1. The van der Waals surface area contributed by atoms with E-state index in [-0.39, 0.29) is 5.56 Å². The summed E-state index contributed by atoms with van der Waals surface area (Å²) < 4.78 is 0. The van der Waals surface area contributed by atoms with Crippen LogP contribution in [0.1, 0.15) is 37.0 Å². The third-order valence-corrected chi connectivity index (χ3v) is 4.90. The molecular formula is C18H22N2O. The van der Waals surface area contributed by atoms with Crippen molar-refractivity contribution in [1.29, 1.82) is 0 Å². The van der Waals surface area contributed by atoms with Crippen molar-refractivity contribution in [2.45, 2.75) is 39.5 Å². The predicted molar refractivity (Wildman–Crippen MR) is 87.3 cm³/mol. The molecule has 1 aliphatic heterocycles. The number of hydrogen-bond acceptors (Lipinski definition) is 2. The molecule has 0 fully saturated rings. The molecule has 1 aliphatic carbocycles. The smallest absolute Gasteiger partial charge is 0.251 e. The molecule has 0 atom stereocenters. The van der Waals surface area contributed by atoms with Crippen molar-refractivity contribution < 1.29 is 0 Å². The van der Waals surface area contributed by atoms with E-state index in [4.69, 9.17) is 0 Å². The highest BCUT2D eigenvalue weighted by Crippen LogP contribution is 2.36. The number of nitrogens with one attached hydrogen (secondary N) is 1. The second-order valence-electron chi connectivity index (χ2n) is 6.84. The minimum Gasteiger partial charge on any atom is -0.371 e. The molecule has 2 heterocycles. The second-order valence-corrected chi connectivity index (χ2v) is 6.84. The van der Waals surface area contributed by atoms with E-state index in [1.807, 2.05) is 0 Å². The lowest BCUT2D eigenvalue weighted by atomic mass is 10.0. The molecule has 0 unspecified atom stereocenters. The average molecular weight is 282 g/mol. The zero-order chi connectivity index (χ0) is 14.6. The standard InChI is InChI=1S/C18H22N2O/c1-11(2)10-20-9-8-15-16(20)7-6-13-12-4-3-5-14(12)18(21)19-17(13)15/h6-7,11H,3-5,8-10H2,1-2H3,(H,19,21). The highest BCUT2D eigenvalue weighted by molar-refractivity contribution is 5.91. The molecule has 2 aromatic rings. The fourth-order valence-electron chi connectivity index (χ4n) is 4.06. The van der Waals surface area contributed by atoms with E-state index < -0.39 is 0 Å². The third-order valence-electron chi connectivity index (χ3n) is 4.90. The van der Waals surface area contributed by atoms with Crippen molar-refractivity contribution in [3.63, 3.8) is 0 Å². The summed E-state index contributed by atoms with van der Waals surface area (Å²) >= 11 is 0. The van der Waals surface area contributed by atoms with E-state index in [1.54, 1.807) is 0 Å². The summed E-state index contributed by atoms with van der Waals surface area (Å²) in [5.41, 5.74) is 6.25. The van der Waals surface area contributed by atoms with Crippen LogP contribution in [-0.4, -0.2) is 18.1 Å². The van der Waals surface area contributed by atoms with Crippen molar-refractivity contribution in [2.75, 3.05) is 18.0 Å². The fourth-order valence-corrected chi connectivity index (χ4v) is 4.06. The van der Waals surface area contributed by atoms with E-state index >= 15 is 0 Å². The molecule has 21 heavy (non-hydrogen) atoms. The highest BCUT2D eigenvalue weighted by atomic mass is 16.1. The molecule has 1 aromatic carbocycles. The number of rotatable bonds is 2. The Morgan fingerprint density at radius 3 is 2.76 bits per heavy atom. The molecule has 0 bridgehead atoms. The normalized spacial score (nSPS) is 16.8. The van der Waals surface area contributed by atoms with Crippen LogP contribution < -0.4 is 10.5 Å². The number of anilines is 1. The Bertz CT molecular complexity index is 773. The van der Waals surface area contributed by atoms with Crippen LogP contribution in [0.15, 0.2) is 16.9 Å². The number of aromatic nitrogens is 1. The van der Waals surface area contributed by atoms with Gasteiger partial charge < -0.3 is 9.88 Å². The Morgan fingerprint density at radius 2 is 1.95 bits per heavy atom. The van der Waals surface area contributed by atoms with Crippen molar-refractivity contribution in [1.82, 2.24) is 4.98 Å². The Morgan fingerprint density at radius 1 is 1.14 bits per heavy atom. The largest absolute Gasteiger partial charge is 0.371 e. The first-order valence-electron chi connectivity index (χ1n) is 8.09. The zero-order valence-electron chi connectivity index (χ0n) is 12.8. The molecule has 0 saturated carbocycles. The summed E-state index contributed by atoms with van der Waals surface area (Å²) in [4.78, 5) is 18.0. The fraction of sp³-hybridized carbons (Fsp3) is 0.500. The molecular weight excluding hydrogens is 260 g/mol. The lowest BCUT2D eigenvalue weighted by Gasteiger charge is -2.22. The minimum absolute atomic E-state index is 0.144. The van der Waals surface area contributed by atoms with Gasteiger partial charge in [-0.05, 0) is 43.2 Å². The first-order valence-corrected chi connectivity index (χ1v) is 8.09. The third kappa shape index (κ3) is 1.90. The Balaban J connectivity index is 1.92. The summed E-state index contributed by atoms with van der Waals surface area (Å²) in [5.74, 6) is 0.658. The van der Waals surface area contributed by atoms with Gasteiger partial charge in [0.05, 0.1) is 5.52 Å². The maximum absolute atomic E-state index is 12.3. The van der Waals surface area contributed by atoms with Gasteiger partial charge in [-0.15, -0.1) is 0 Å². The molecule has 0 amide bonds. The summed E-state index contributed by atoms with van der Waals surface area (Å²) in [7, 11) is 0. The van der Waals surface area contributed by atoms with E-state index in [9.17, 15) is 4.79 Å². The van der Waals surface area contributed by atoms with Crippen LogP contribution in [0.5, 0.6) is 0 Å². The Kier molecular flexibility index (Phi) is 2.84. The second kappa shape index (κ2) is 4.62. The number of nitrogens with zero attached hydrogens (tertiary/aromatic N) is 1. The number of pyridine rings is 1. The maximum Gasteiger partial charge on any atom is 0.251 e. The van der Waals surface area contributed by atoms with Gasteiger partial charge in [-0.25, -0.2) is 0 Å². The molecule has 110 valence electrons. The molecule has 0 spiro atoms. The van der Waals surface area contributed by atoms with E-state index in [0.717, 1.165) is 49.9 Å². The minimum atomic E-state index is 0.144. The topological polar surface area (TPSA) is 36.1 Å². The zero-order valence-corrected chi connectivity index (χ0v) is 12.8.